The molecule has 1 aliphatic heterocycles. The summed E-state index contributed by atoms with van der Waals surface area (Å²) in [5.74, 6) is -0.617. The number of anilines is 1. The lowest BCUT2D eigenvalue weighted by atomic mass is 10.1. The molecule has 0 aliphatic carbocycles. The van der Waals surface area contributed by atoms with Gasteiger partial charge in [0, 0.05) is 30.5 Å². The highest BCUT2D eigenvalue weighted by Crippen LogP contribution is 2.18. The predicted molar refractivity (Wildman–Crippen MR) is 93.6 cm³/mol. The first kappa shape index (κ1) is 18.7. The first-order valence-corrected chi connectivity index (χ1v) is 9.50. The molecule has 1 N–H and O–H groups in total. The van der Waals surface area contributed by atoms with Gasteiger partial charge in [-0.3, -0.25) is 9.59 Å². The molecule has 1 saturated heterocycles. The monoisotopic (exact) mass is 361 g/mol. The number of amides is 1. The lowest BCUT2D eigenvalue weighted by Crippen LogP contribution is -2.29. The average molecular weight is 361 g/mol. The smallest absolute Gasteiger partial charge is 0.267 e. The standard InChI is InChI=1S/C17H19N3O4S/c1-12(21)13-4-3-5-15(8-13)19-17(22)14(9-18)10-20(2)16-6-7-25(23,24)11-16/h3-5,8,10,16H,6-7,11H2,1-2H3,(H,19,22)/b14-10-. The van der Waals surface area contributed by atoms with Crippen LogP contribution in [0.5, 0.6) is 0 Å². The van der Waals surface area contributed by atoms with Crippen molar-refractivity contribution in [2.75, 3.05) is 23.9 Å². The Morgan fingerprint density at radius 1 is 1.40 bits per heavy atom. The van der Waals surface area contributed by atoms with E-state index in [0.717, 1.165) is 0 Å². The number of sulfone groups is 1. The number of nitrogens with zero attached hydrogens (tertiary/aromatic N) is 2. The molecule has 0 spiro atoms. The number of Topliss-reactive ketones (excluding diaryl/α,β-unsaturated/α-hetero) is 1. The second kappa shape index (κ2) is 7.49. The van der Waals surface area contributed by atoms with Gasteiger partial charge in [0.2, 0.25) is 0 Å². The topological polar surface area (TPSA) is 107 Å². The highest BCUT2D eigenvalue weighted by atomic mass is 32.2. The van der Waals surface area contributed by atoms with Crippen molar-refractivity contribution in [1.29, 1.82) is 5.26 Å². The van der Waals surface area contributed by atoms with Crippen molar-refractivity contribution in [3.63, 3.8) is 0 Å². The number of nitriles is 1. The van der Waals surface area contributed by atoms with Gasteiger partial charge in [0.05, 0.1) is 11.5 Å². The highest BCUT2D eigenvalue weighted by Gasteiger charge is 2.30. The third kappa shape index (κ3) is 4.90. The average Bonchev–Trinajstić information content (AvgIpc) is 2.92. The number of ketones is 1. The molecule has 7 nitrogen and oxygen atoms in total. The zero-order chi connectivity index (χ0) is 18.6. The lowest BCUT2D eigenvalue weighted by Gasteiger charge is -2.21. The van der Waals surface area contributed by atoms with Crippen LogP contribution in [0, 0.1) is 11.3 Å². The van der Waals surface area contributed by atoms with Crippen molar-refractivity contribution in [1.82, 2.24) is 4.90 Å². The van der Waals surface area contributed by atoms with Gasteiger partial charge in [-0.1, -0.05) is 12.1 Å². The van der Waals surface area contributed by atoms with Crippen molar-refractivity contribution in [2.45, 2.75) is 19.4 Å². The minimum absolute atomic E-state index is 0.0149. The molecule has 2 rings (SSSR count). The molecule has 1 atom stereocenters. The maximum absolute atomic E-state index is 12.3. The molecule has 0 aromatic heterocycles. The van der Waals surface area contributed by atoms with Gasteiger partial charge in [0.1, 0.15) is 11.6 Å². The lowest BCUT2D eigenvalue weighted by molar-refractivity contribution is -0.112. The van der Waals surface area contributed by atoms with Gasteiger partial charge in [-0.25, -0.2) is 8.42 Å². The number of hydrogen-bond donors (Lipinski definition) is 1. The number of hydrogen-bond acceptors (Lipinski definition) is 6. The highest BCUT2D eigenvalue weighted by molar-refractivity contribution is 7.91. The number of carbonyl (C=O) groups excluding carboxylic acids is 2. The number of nitrogens with one attached hydrogen (secondary N) is 1. The van der Waals surface area contributed by atoms with Gasteiger partial charge in [-0.05, 0) is 25.5 Å². The van der Waals surface area contributed by atoms with Crippen LogP contribution in [-0.4, -0.2) is 49.6 Å². The molecule has 1 aliphatic rings. The summed E-state index contributed by atoms with van der Waals surface area (Å²) in [4.78, 5) is 25.2. The van der Waals surface area contributed by atoms with Crippen LogP contribution in [0.4, 0.5) is 5.69 Å². The molecule has 1 fully saturated rings. The number of rotatable bonds is 5. The first-order valence-electron chi connectivity index (χ1n) is 7.68. The van der Waals surface area contributed by atoms with E-state index in [9.17, 15) is 23.3 Å². The van der Waals surface area contributed by atoms with Crippen LogP contribution in [0.15, 0.2) is 36.0 Å². The van der Waals surface area contributed by atoms with Crippen LogP contribution in [0.3, 0.4) is 0 Å². The SMILES string of the molecule is CC(=O)c1cccc(NC(=O)/C(C#N)=C\N(C)C2CCS(=O)(=O)C2)c1. The zero-order valence-electron chi connectivity index (χ0n) is 14.0. The zero-order valence-corrected chi connectivity index (χ0v) is 14.8. The van der Waals surface area contributed by atoms with E-state index in [1.807, 2.05) is 6.07 Å². The minimum Gasteiger partial charge on any atom is -0.375 e. The van der Waals surface area contributed by atoms with E-state index in [1.54, 1.807) is 30.1 Å². The third-order valence-corrected chi connectivity index (χ3v) is 5.76. The summed E-state index contributed by atoms with van der Waals surface area (Å²) in [5.41, 5.74) is 0.721. The fraction of sp³-hybridized carbons (Fsp3) is 0.353. The minimum atomic E-state index is -3.05. The van der Waals surface area contributed by atoms with Gasteiger partial charge < -0.3 is 10.2 Å². The summed E-state index contributed by atoms with van der Waals surface area (Å²) >= 11 is 0. The summed E-state index contributed by atoms with van der Waals surface area (Å²) in [6, 6.07) is 7.99. The fourth-order valence-electron chi connectivity index (χ4n) is 2.56. The summed E-state index contributed by atoms with van der Waals surface area (Å²) in [6.07, 6.45) is 1.83. The molecular weight excluding hydrogens is 342 g/mol. The molecule has 1 amide bonds. The van der Waals surface area contributed by atoms with E-state index in [1.165, 1.54) is 19.2 Å². The molecule has 1 aromatic rings. The maximum Gasteiger partial charge on any atom is 0.267 e. The second-order valence-electron chi connectivity index (χ2n) is 5.97. The van der Waals surface area contributed by atoms with Crippen LogP contribution in [0.25, 0.3) is 0 Å². The summed E-state index contributed by atoms with van der Waals surface area (Å²) < 4.78 is 23.1. The molecule has 0 bridgehead atoms. The van der Waals surface area contributed by atoms with E-state index < -0.39 is 15.7 Å². The van der Waals surface area contributed by atoms with Gasteiger partial charge in [0.15, 0.2) is 15.6 Å². The molecule has 0 radical (unpaired) electrons. The van der Waals surface area contributed by atoms with Crippen LogP contribution in [0.1, 0.15) is 23.7 Å². The maximum atomic E-state index is 12.3. The molecule has 1 heterocycles. The molecular formula is C17H19N3O4S. The van der Waals surface area contributed by atoms with E-state index in [2.05, 4.69) is 5.32 Å². The van der Waals surface area contributed by atoms with E-state index in [-0.39, 0.29) is 28.9 Å². The van der Waals surface area contributed by atoms with Crippen molar-refractivity contribution in [3.05, 3.63) is 41.6 Å². The van der Waals surface area contributed by atoms with Crippen molar-refractivity contribution in [2.24, 2.45) is 0 Å². The molecule has 0 saturated carbocycles. The van der Waals surface area contributed by atoms with Crippen LogP contribution >= 0.6 is 0 Å². The van der Waals surface area contributed by atoms with E-state index >= 15 is 0 Å². The molecule has 132 valence electrons. The van der Waals surface area contributed by atoms with Crippen LogP contribution < -0.4 is 5.32 Å². The van der Waals surface area contributed by atoms with Crippen molar-refractivity contribution < 1.29 is 18.0 Å². The Hall–Kier alpha value is -2.66. The molecule has 1 unspecified atom stereocenters. The summed E-state index contributed by atoms with van der Waals surface area (Å²) in [6.45, 7) is 1.42. The summed E-state index contributed by atoms with van der Waals surface area (Å²) in [7, 11) is -1.41. The van der Waals surface area contributed by atoms with Gasteiger partial charge in [-0.15, -0.1) is 0 Å². The Balaban J connectivity index is 2.12. The Morgan fingerprint density at radius 3 is 2.68 bits per heavy atom. The second-order valence-corrected chi connectivity index (χ2v) is 8.20. The molecule has 1 aromatic carbocycles. The number of benzene rings is 1. The van der Waals surface area contributed by atoms with Gasteiger partial charge in [-0.2, -0.15) is 5.26 Å². The van der Waals surface area contributed by atoms with Gasteiger partial charge >= 0.3 is 0 Å². The first-order chi connectivity index (χ1) is 11.7. The Bertz CT molecular complexity index is 868. The quantitative estimate of drug-likeness (QED) is 0.482. The van der Waals surface area contributed by atoms with Gasteiger partial charge in [0.25, 0.3) is 5.91 Å². The third-order valence-electron chi connectivity index (χ3n) is 4.01. The van der Waals surface area contributed by atoms with Crippen LogP contribution in [0.2, 0.25) is 0 Å². The Kier molecular flexibility index (Phi) is 5.59. The van der Waals surface area contributed by atoms with Crippen LogP contribution in [-0.2, 0) is 14.6 Å². The summed E-state index contributed by atoms with van der Waals surface area (Å²) in [5, 5.41) is 11.8. The molecule has 25 heavy (non-hydrogen) atoms. The number of carbonyl (C=O) groups is 2. The largest absolute Gasteiger partial charge is 0.375 e. The van der Waals surface area contributed by atoms with Crippen molar-refractivity contribution in [3.8, 4) is 6.07 Å². The Morgan fingerprint density at radius 2 is 2.12 bits per heavy atom. The predicted octanol–water partition coefficient (Wildman–Crippen LogP) is 1.35. The Labute approximate surface area is 146 Å². The normalized spacial score (nSPS) is 19.1. The van der Waals surface area contributed by atoms with E-state index in [0.29, 0.717) is 17.7 Å². The molecule has 8 heteroatoms. The fourth-order valence-corrected chi connectivity index (χ4v) is 4.34. The van der Waals surface area contributed by atoms with Crippen molar-refractivity contribution >= 4 is 27.2 Å². The van der Waals surface area contributed by atoms with E-state index in [4.69, 9.17) is 0 Å².